The smallest absolute Gasteiger partial charge is 0.238 e. The number of benzene rings is 1. The molecule has 8 heteroatoms. The predicted octanol–water partition coefficient (Wildman–Crippen LogP) is 3.84. The Kier molecular flexibility index (Phi) is 5.94. The van der Waals surface area contributed by atoms with Crippen LogP contribution in [0.3, 0.4) is 0 Å². The van der Waals surface area contributed by atoms with Crippen LogP contribution in [-0.4, -0.2) is 38.8 Å². The molecule has 2 N–H and O–H groups in total. The lowest BCUT2D eigenvalue weighted by atomic mass is 10.1. The van der Waals surface area contributed by atoms with Gasteiger partial charge in [0.15, 0.2) is 0 Å². The van der Waals surface area contributed by atoms with E-state index in [1.807, 2.05) is 25.1 Å². The third kappa shape index (κ3) is 4.96. The lowest BCUT2D eigenvalue weighted by Crippen LogP contribution is -2.33. The van der Waals surface area contributed by atoms with Crippen molar-refractivity contribution < 1.29 is 9.18 Å². The number of likely N-dealkylation sites (tertiary alicyclic amines) is 1. The second-order valence-electron chi connectivity index (χ2n) is 7.30. The molecule has 154 valence electrons. The quantitative estimate of drug-likeness (QED) is 0.647. The van der Waals surface area contributed by atoms with E-state index >= 15 is 0 Å². The van der Waals surface area contributed by atoms with Gasteiger partial charge in [0.05, 0.1) is 30.7 Å². The van der Waals surface area contributed by atoms with Crippen LogP contribution in [0.25, 0.3) is 0 Å². The first-order valence-corrected chi connectivity index (χ1v) is 9.89. The van der Waals surface area contributed by atoms with Crippen LogP contribution in [0.15, 0.2) is 54.9 Å². The number of halogens is 1. The van der Waals surface area contributed by atoms with Crippen LogP contribution in [0.4, 0.5) is 21.7 Å². The molecular formula is C22H23FN6O. The van der Waals surface area contributed by atoms with Gasteiger partial charge < -0.3 is 10.6 Å². The van der Waals surface area contributed by atoms with Crippen LogP contribution in [0.2, 0.25) is 0 Å². The lowest BCUT2D eigenvalue weighted by Gasteiger charge is -2.23. The van der Waals surface area contributed by atoms with Crippen molar-refractivity contribution in [2.24, 2.45) is 0 Å². The molecule has 7 nitrogen and oxygen atoms in total. The molecule has 0 spiro atoms. The van der Waals surface area contributed by atoms with Crippen molar-refractivity contribution in [1.29, 1.82) is 0 Å². The van der Waals surface area contributed by atoms with Gasteiger partial charge in [0, 0.05) is 11.4 Å². The topological polar surface area (TPSA) is 83.0 Å². The summed E-state index contributed by atoms with van der Waals surface area (Å²) in [5.74, 6) is 0.858. The third-order valence-corrected chi connectivity index (χ3v) is 4.98. The number of nitrogens with one attached hydrogen (secondary N) is 2. The number of carbonyl (C=O) groups is 1. The Morgan fingerprint density at radius 1 is 1.13 bits per heavy atom. The van der Waals surface area contributed by atoms with Gasteiger partial charge in [-0.15, -0.1) is 0 Å². The molecule has 2 aromatic heterocycles. The van der Waals surface area contributed by atoms with E-state index in [1.54, 1.807) is 24.5 Å². The summed E-state index contributed by atoms with van der Waals surface area (Å²) in [6, 6.07) is 11.5. The fourth-order valence-corrected chi connectivity index (χ4v) is 3.61. The zero-order valence-electron chi connectivity index (χ0n) is 16.7. The summed E-state index contributed by atoms with van der Waals surface area (Å²) in [7, 11) is 0. The Hall–Kier alpha value is -3.39. The van der Waals surface area contributed by atoms with Crippen molar-refractivity contribution in [2.75, 3.05) is 23.7 Å². The second kappa shape index (κ2) is 8.96. The lowest BCUT2D eigenvalue weighted by molar-refractivity contribution is -0.117. The molecule has 1 amide bonds. The monoisotopic (exact) mass is 406 g/mol. The van der Waals surface area contributed by atoms with E-state index in [4.69, 9.17) is 4.98 Å². The zero-order valence-corrected chi connectivity index (χ0v) is 16.7. The Labute approximate surface area is 174 Å². The fourth-order valence-electron chi connectivity index (χ4n) is 3.61. The molecule has 1 aliphatic rings. The van der Waals surface area contributed by atoms with E-state index < -0.39 is 0 Å². The molecule has 1 atom stereocenters. The number of rotatable bonds is 6. The maximum Gasteiger partial charge on any atom is 0.238 e. The molecule has 3 heterocycles. The largest absolute Gasteiger partial charge is 0.325 e. The van der Waals surface area contributed by atoms with Crippen molar-refractivity contribution in [3.8, 4) is 0 Å². The third-order valence-electron chi connectivity index (χ3n) is 4.98. The van der Waals surface area contributed by atoms with E-state index in [1.165, 1.54) is 12.1 Å². The zero-order chi connectivity index (χ0) is 20.9. The van der Waals surface area contributed by atoms with E-state index in [0.29, 0.717) is 17.3 Å². The van der Waals surface area contributed by atoms with Gasteiger partial charge >= 0.3 is 0 Å². The molecule has 0 aliphatic carbocycles. The normalized spacial score (nSPS) is 16.4. The van der Waals surface area contributed by atoms with E-state index in [9.17, 15) is 9.18 Å². The van der Waals surface area contributed by atoms with Crippen LogP contribution in [-0.2, 0) is 4.79 Å². The molecule has 1 aromatic carbocycles. The van der Waals surface area contributed by atoms with E-state index in [0.717, 1.165) is 30.8 Å². The maximum absolute atomic E-state index is 13.0. The first-order chi connectivity index (χ1) is 14.6. The molecule has 1 saturated heterocycles. The molecule has 1 aliphatic heterocycles. The highest BCUT2D eigenvalue weighted by atomic mass is 19.1. The predicted molar refractivity (Wildman–Crippen MR) is 113 cm³/mol. The summed E-state index contributed by atoms with van der Waals surface area (Å²) in [5, 5.41) is 6.00. The molecule has 4 rings (SSSR count). The highest BCUT2D eigenvalue weighted by Crippen LogP contribution is 2.31. The Morgan fingerprint density at radius 2 is 1.97 bits per heavy atom. The number of nitrogens with zero attached hydrogens (tertiary/aromatic N) is 4. The van der Waals surface area contributed by atoms with E-state index in [2.05, 4.69) is 25.5 Å². The fraction of sp³-hybridized carbons (Fsp3) is 0.273. The Bertz CT molecular complexity index is 1030. The molecule has 3 aromatic rings. The minimum absolute atomic E-state index is 0.0173. The SMILES string of the molecule is Cc1cccc(Nc2cncc(C3CCCN3CC(=O)Nc3ccc(F)cc3)n2)n1. The van der Waals surface area contributed by atoms with Crippen molar-refractivity contribution in [1.82, 2.24) is 19.9 Å². The Balaban J connectivity index is 1.42. The van der Waals surface area contributed by atoms with Gasteiger partial charge in [-0.1, -0.05) is 6.07 Å². The van der Waals surface area contributed by atoms with Gasteiger partial charge in [0.25, 0.3) is 0 Å². The molecule has 0 bridgehead atoms. The minimum atomic E-state index is -0.333. The Morgan fingerprint density at radius 3 is 2.77 bits per heavy atom. The van der Waals surface area contributed by atoms with Gasteiger partial charge in [-0.25, -0.2) is 14.4 Å². The van der Waals surface area contributed by atoms with Crippen molar-refractivity contribution >= 4 is 23.2 Å². The first-order valence-electron chi connectivity index (χ1n) is 9.89. The van der Waals surface area contributed by atoms with Gasteiger partial charge in [0.2, 0.25) is 5.91 Å². The average molecular weight is 406 g/mol. The number of aryl methyl sites for hydroxylation is 1. The van der Waals surface area contributed by atoms with Crippen molar-refractivity contribution in [3.05, 3.63) is 72.1 Å². The number of hydrogen-bond acceptors (Lipinski definition) is 6. The summed E-state index contributed by atoms with van der Waals surface area (Å²) in [5.41, 5.74) is 2.31. The van der Waals surface area contributed by atoms with Crippen LogP contribution in [0, 0.1) is 12.7 Å². The van der Waals surface area contributed by atoms with Crippen LogP contribution in [0.5, 0.6) is 0 Å². The molecule has 1 fully saturated rings. The minimum Gasteiger partial charge on any atom is -0.325 e. The van der Waals surface area contributed by atoms with Crippen LogP contribution in [0.1, 0.15) is 30.3 Å². The number of hydrogen-bond donors (Lipinski definition) is 2. The van der Waals surface area contributed by atoms with Crippen LogP contribution >= 0.6 is 0 Å². The van der Waals surface area contributed by atoms with Gasteiger partial charge in [-0.3, -0.25) is 14.7 Å². The molecule has 1 unspecified atom stereocenters. The standard InChI is InChI=1S/C22H23FN6O/c1-15-4-2-6-20(25-15)28-21-13-24-12-18(27-21)19-5-3-11-29(19)14-22(30)26-17-9-7-16(23)8-10-17/h2,4,6-10,12-13,19H,3,5,11,14H2,1H3,(H,26,30)(H,25,27,28). The van der Waals surface area contributed by atoms with Crippen LogP contribution < -0.4 is 10.6 Å². The van der Waals surface area contributed by atoms with Crippen molar-refractivity contribution in [2.45, 2.75) is 25.8 Å². The first kappa shape index (κ1) is 19.9. The summed E-state index contributed by atoms with van der Waals surface area (Å²) >= 11 is 0. The number of amides is 1. The van der Waals surface area contributed by atoms with E-state index in [-0.39, 0.29) is 24.3 Å². The summed E-state index contributed by atoms with van der Waals surface area (Å²) < 4.78 is 13.0. The highest BCUT2D eigenvalue weighted by Gasteiger charge is 2.29. The number of pyridine rings is 1. The number of anilines is 3. The van der Waals surface area contributed by atoms with Gasteiger partial charge in [-0.2, -0.15) is 0 Å². The highest BCUT2D eigenvalue weighted by molar-refractivity contribution is 5.92. The van der Waals surface area contributed by atoms with Crippen molar-refractivity contribution in [3.63, 3.8) is 0 Å². The maximum atomic E-state index is 13.0. The molecule has 0 radical (unpaired) electrons. The molecule has 30 heavy (non-hydrogen) atoms. The number of carbonyl (C=O) groups excluding carboxylic acids is 1. The molecule has 0 saturated carbocycles. The summed E-state index contributed by atoms with van der Waals surface area (Å²) in [6.07, 6.45) is 5.29. The molecular weight excluding hydrogens is 383 g/mol. The second-order valence-corrected chi connectivity index (χ2v) is 7.30. The number of aromatic nitrogens is 3. The summed E-state index contributed by atoms with van der Waals surface area (Å²) in [6.45, 7) is 2.97. The average Bonchev–Trinajstić information content (AvgIpc) is 3.18. The van der Waals surface area contributed by atoms with Gasteiger partial charge in [0.1, 0.15) is 17.5 Å². The van der Waals surface area contributed by atoms with Gasteiger partial charge in [-0.05, 0) is 62.7 Å². The summed E-state index contributed by atoms with van der Waals surface area (Å²) in [4.78, 5) is 28.0.